The summed E-state index contributed by atoms with van der Waals surface area (Å²) in [5.74, 6) is 0. The molecule has 0 bridgehead atoms. The van der Waals surface area contributed by atoms with E-state index in [1.165, 1.54) is 5.56 Å². The molecule has 0 saturated carbocycles. The van der Waals surface area contributed by atoms with Crippen molar-refractivity contribution in [2.24, 2.45) is 5.73 Å². The average molecular weight is 234 g/mol. The summed E-state index contributed by atoms with van der Waals surface area (Å²) in [6.07, 6.45) is 1.59. The molecule has 0 spiro atoms. The van der Waals surface area contributed by atoms with E-state index in [9.17, 15) is 5.11 Å². The molecule has 1 aliphatic rings. The second-order valence-electron chi connectivity index (χ2n) is 4.98. The van der Waals surface area contributed by atoms with Crippen LogP contribution in [0.3, 0.4) is 0 Å². The number of aliphatic hydroxyl groups is 1. The van der Waals surface area contributed by atoms with Crippen molar-refractivity contribution in [1.82, 2.24) is 4.90 Å². The van der Waals surface area contributed by atoms with Gasteiger partial charge in [-0.05, 0) is 25.3 Å². The van der Waals surface area contributed by atoms with E-state index in [0.717, 1.165) is 25.9 Å². The van der Waals surface area contributed by atoms with Crippen LogP contribution in [0.25, 0.3) is 0 Å². The molecule has 3 nitrogen and oxygen atoms in total. The van der Waals surface area contributed by atoms with Crippen molar-refractivity contribution in [2.45, 2.75) is 38.0 Å². The first-order chi connectivity index (χ1) is 8.18. The molecule has 0 aliphatic carbocycles. The summed E-state index contributed by atoms with van der Waals surface area (Å²) in [4.78, 5) is 2.40. The summed E-state index contributed by atoms with van der Waals surface area (Å²) in [6.45, 7) is 3.92. The summed E-state index contributed by atoms with van der Waals surface area (Å²) in [5, 5.41) is 9.56. The van der Waals surface area contributed by atoms with Crippen LogP contribution in [0.15, 0.2) is 30.3 Å². The molecule has 1 aliphatic heterocycles. The lowest BCUT2D eigenvalue weighted by Crippen LogP contribution is -2.44. The Labute approximate surface area is 103 Å². The maximum absolute atomic E-state index is 9.56. The molecular weight excluding hydrogens is 212 g/mol. The predicted octanol–water partition coefficient (Wildman–Crippen LogP) is 1.53. The minimum absolute atomic E-state index is 0.104. The number of rotatable bonds is 3. The summed E-state index contributed by atoms with van der Waals surface area (Å²) in [7, 11) is 0. The van der Waals surface area contributed by atoms with Crippen molar-refractivity contribution in [3.63, 3.8) is 0 Å². The Morgan fingerprint density at radius 1 is 1.24 bits per heavy atom. The Bertz CT molecular complexity index is 331. The van der Waals surface area contributed by atoms with Crippen LogP contribution in [0, 0.1) is 0 Å². The fraction of sp³-hybridized carbons (Fsp3) is 0.571. The Kier molecular flexibility index (Phi) is 4.15. The van der Waals surface area contributed by atoms with Gasteiger partial charge in [-0.15, -0.1) is 0 Å². The third kappa shape index (κ3) is 3.06. The second-order valence-corrected chi connectivity index (χ2v) is 4.98. The van der Waals surface area contributed by atoms with Gasteiger partial charge in [0.15, 0.2) is 0 Å². The number of benzene rings is 1. The summed E-state index contributed by atoms with van der Waals surface area (Å²) in [5.41, 5.74) is 7.41. The number of hydrogen-bond donors (Lipinski definition) is 2. The van der Waals surface area contributed by atoms with Gasteiger partial charge in [0.1, 0.15) is 0 Å². The van der Waals surface area contributed by atoms with Gasteiger partial charge in [0.05, 0.1) is 6.10 Å². The van der Waals surface area contributed by atoms with Crippen molar-refractivity contribution in [3.8, 4) is 0 Å². The van der Waals surface area contributed by atoms with E-state index >= 15 is 0 Å². The number of nitrogens with zero attached hydrogens (tertiary/aromatic N) is 1. The van der Waals surface area contributed by atoms with E-state index in [-0.39, 0.29) is 18.2 Å². The van der Waals surface area contributed by atoms with Gasteiger partial charge in [-0.2, -0.15) is 0 Å². The molecule has 1 aromatic carbocycles. The Morgan fingerprint density at radius 3 is 2.35 bits per heavy atom. The lowest BCUT2D eigenvalue weighted by atomic mass is 9.96. The van der Waals surface area contributed by atoms with E-state index in [0.29, 0.717) is 0 Å². The molecule has 0 radical (unpaired) electrons. The first-order valence-electron chi connectivity index (χ1n) is 6.41. The number of hydrogen-bond acceptors (Lipinski definition) is 3. The summed E-state index contributed by atoms with van der Waals surface area (Å²) in [6, 6.07) is 10.8. The predicted molar refractivity (Wildman–Crippen MR) is 69.6 cm³/mol. The van der Waals surface area contributed by atoms with Crippen molar-refractivity contribution < 1.29 is 5.11 Å². The van der Waals surface area contributed by atoms with E-state index in [1.54, 1.807) is 0 Å². The average Bonchev–Trinajstić information content (AvgIpc) is 2.33. The first-order valence-corrected chi connectivity index (χ1v) is 6.41. The van der Waals surface area contributed by atoms with Crippen molar-refractivity contribution in [3.05, 3.63) is 35.9 Å². The first kappa shape index (κ1) is 12.6. The highest BCUT2D eigenvalue weighted by atomic mass is 16.3. The molecule has 1 saturated heterocycles. The molecule has 3 N–H and O–H groups in total. The van der Waals surface area contributed by atoms with E-state index in [2.05, 4.69) is 36.1 Å². The van der Waals surface area contributed by atoms with Gasteiger partial charge in [-0.1, -0.05) is 30.3 Å². The molecule has 3 heteroatoms. The second kappa shape index (κ2) is 5.63. The number of piperidine rings is 1. The van der Waals surface area contributed by atoms with Gasteiger partial charge in [0.25, 0.3) is 0 Å². The zero-order chi connectivity index (χ0) is 12.3. The zero-order valence-corrected chi connectivity index (χ0v) is 10.4. The standard InChI is InChI=1S/C14H22N2O/c1-11(15)14(12-5-3-2-4-6-12)16-9-7-13(17)8-10-16/h2-6,11,13-14,17H,7-10,15H2,1H3. The maximum atomic E-state index is 9.56. The third-order valence-corrected chi connectivity index (χ3v) is 3.53. The fourth-order valence-electron chi connectivity index (χ4n) is 2.66. The summed E-state index contributed by atoms with van der Waals surface area (Å²) >= 11 is 0. The van der Waals surface area contributed by atoms with Gasteiger partial charge < -0.3 is 10.8 Å². The van der Waals surface area contributed by atoms with Crippen LogP contribution in [0.2, 0.25) is 0 Å². The number of nitrogens with two attached hydrogens (primary N) is 1. The third-order valence-electron chi connectivity index (χ3n) is 3.53. The van der Waals surface area contributed by atoms with Gasteiger partial charge in [0, 0.05) is 25.2 Å². The van der Waals surface area contributed by atoms with Crippen LogP contribution in [0.5, 0.6) is 0 Å². The van der Waals surface area contributed by atoms with Crippen LogP contribution < -0.4 is 5.73 Å². The minimum Gasteiger partial charge on any atom is -0.393 e. The topological polar surface area (TPSA) is 49.5 Å². The van der Waals surface area contributed by atoms with Gasteiger partial charge in [-0.3, -0.25) is 4.90 Å². The highest BCUT2D eigenvalue weighted by Crippen LogP contribution is 2.26. The van der Waals surface area contributed by atoms with Crippen molar-refractivity contribution >= 4 is 0 Å². The van der Waals surface area contributed by atoms with E-state index in [1.807, 2.05) is 6.07 Å². The molecule has 0 amide bonds. The largest absolute Gasteiger partial charge is 0.393 e. The summed E-state index contributed by atoms with van der Waals surface area (Å²) < 4.78 is 0. The number of likely N-dealkylation sites (tertiary alicyclic amines) is 1. The van der Waals surface area contributed by atoms with Crippen LogP contribution in [0.4, 0.5) is 0 Å². The normalized spacial score (nSPS) is 22.3. The SMILES string of the molecule is CC(N)C(c1ccccc1)N1CCC(O)CC1. The lowest BCUT2D eigenvalue weighted by Gasteiger charge is -2.38. The van der Waals surface area contributed by atoms with Gasteiger partial charge in [0.2, 0.25) is 0 Å². The molecule has 94 valence electrons. The zero-order valence-electron chi connectivity index (χ0n) is 10.4. The van der Waals surface area contributed by atoms with Crippen molar-refractivity contribution in [2.75, 3.05) is 13.1 Å². The van der Waals surface area contributed by atoms with Crippen molar-refractivity contribution in [1.29, 1.82) is 0 Å². The highest BCUT2D eigenvalue weighted by Gasteiger charge is 2.27. The monoisotopic (exact) mass is 234 g/mol. The van der Waals surface area contributed by atoms with Gasteiger partial charge in [-0.25, -0.2) is 0 Å². The van der Waals surface area contributed by atoms with Crippen LogP contribution >= 0.6 is 0 Å². The Balaban J connectivity index is 2.13. The molecule has 1 heterocycles. The fourth-order valence-corrected chi connectivity index (χ4v) is 2.66. The molecule has 1 fully saturated rings. The molecule has 2 unspecified atom stereocenters. The quantitative estimate of drug-likeness (QED) is 0.834. The van der Waals surface area contributed by atoms with E-state index < -0.39 is 0 Å². The molecule has 0 aromatic heterocycles. The molecule has 17 heavy (non-hydrogen) atoms. The smallest absolute Gasteiger partial charge is 0.0564 e. The molecular formula is C14H22N2O. The lowest BCUT2D eigenvalue weighted by molar-refractivity contribution is 0.0548. The van der Waals surface area contributed by atoms with Crippen LogP contribution in [0.1, 0.15) is 31.4 Å². The maximum Gasteiger partial charge on any atom is 0.0564 e. The minimum atomic E-state index is -0.129. The van der Waals surface area contributed by atoms with E-state index in [4.69, 9.17) is 5.73 Å². The highest BCUT2D eigenvalue weighted by molar-refractivity contribution is 5.20. The number of aliphatic hydroxyl groups excluding tert-OH is 1. The van der Waals surface area contributed by atoms with Crippen LogP contribution in [-0.4, -0.2) is 35.2 Å². The molecule has 1 aromatic rings. The van der Waals surface area contributed by atoms with Crippen LogP contribution in [-0.2, 0) is 0 Å². The Hall–Kier alpha value is -0.900. The Morgan fingerprint density at radius 2 is 1.82 bits per heavy atom. The molecule has 2 atom stereocenters. The molecule has 2 rings (SSSR count). The van der Waals surface area contributed by atoms with Gasteiger partial charge >= 0.3 is 0 Å².